The molecule has 0 saturated heterocycles. The molecule has 1 heterocycles. The third kappa shape index (κ3) is 5.60. The molecule has 12 rings (SSSR count). The number of hydrogen-bond acceptors (Lipinski definition) is 2. The maximum atomic E-state index is 2.52. The van der Waals surface area contributed by atoms with Gasteiger partial charge in [0.2, 0.25) is 0 Å². The highest BCUT2D eigenvalue weighted by molar-refractivity contribution is 7.25. The van der Waals surface area contributed by atoms with Gasteiger partial charge < -0.3 is 4.90 Å². The number of anilines is 3. The second-order valence-corrected chi connectivity index (χ2v) is 17.9. The highest BCUT2D eigenvalue weighted by Gasteiger charge is 2.36. The summed E-state index contributed by atoms with van der Waals surface area (Å²) in [5.74, 6) is 0. The molecule has 288 valence electrons. The maximum absolute atomic E-state index is 2.52. The van der Waals surface area contributed by atoms with Crippen LogP contribution in [0, 0.1) is 0 Å². The summed E-state index contributed by atoms with van der Waals surface area (Å²) in [7, 11) is 0. The molecule has 1 aliphatic carbocycles. The fourth-order valence-electron chi connectivity index (χ4n) is 10.2. The van der Waals surface area contributed by atoms with Gasteiger partial charge >= 0.3 is 0 Å². The van der Waals surface area contributed by atoms with E-state index in [1.165, 1.54) is 97.4 Å². The van der Waals surface area contributed by atoms with E-state index in [9.17, 15) is 0 Å². The molecule has 0 unspecified atom stereocenters. The van der Waals surface area contributed by atoms with Gasteiger partial charge in [0.1, 0.15) is 0 Å². The van der Waals surface area contributed by atoms with E-state index >= 15 is 0 Å². The van der Waals surface area contributed by atoms with Crippen LogP contribution >= 0.6 is 11.3 Å². The van der Waals surface area contributed by atoms with Crippen LogP contribution in [0.25, 0.3) is 86.2 Å². The standard InChI is InChI=1S/C59H41NS/c1-59(2)52-26-12-10-22-46(52)47-35-34-42(37-53(47)59)60(41-32-30-39(31-33-41)38-16-4-3-5-17-38)54-27-14-24-48(49-25-15-29-56-58(49)50-23-11-13-28-55(50)61-56)57(54)51-36-40-18-6-7-19-43(40)44-20-8-9-21-45(44)51/h3-37H,1-2H3. The Morgan fingerprint density at radius 2 is 0.984 bits per heavy atom. The van der Waals surface area contributed by atoms with E-state index in [0.717, 1.165) is 17.1 Å². The molecule has 0 aliphatic heterocycles. The molecule has 0 saturated carbocycles. The predicted octanol–water partition coefficient (Wildman–Crippen LogP) is 17.1. The average molecular weight is 796 g/mol. The zero-order chi connectivity index (χ0) is 40.7. The van der Waals surface area contributed by atoms with Crippen molar-refractivity contribution in [1.82, 2.24) is 0 Å². The molecule has 0 amide bonds. The Morgan fingerprint density at radius 1 is 0.377 bits per heavy atom. The van der Waals surface area contributed by atoms with Crippen molar-refractivity contribution >= 4 is 70.1 Å². The largest absolute Gasteiger partial charge is 0.310 e. The lowest BCUT2D eigenvalue weighted by atomic mass is 9.82. The monoisotopic (exact) mass is 795 g/mol. The predicted molar refractivity (Wildman–Crippen MR) is 263 cm³/mol. The number of benzene rings is 10. The summed E-state index contributed by atoms with van der Waals surface area (Å²) in [5, 5.41) is 7.59. The molecule has 0 atom stereocenters. The van der Waals surface area contributed by atoms with Crippen LogP contribution in [0.5, 0.6) is 0 Å². The van der Waals surface area contributed by atoms with E-state index in [-0.39, 0.29) is 5.41 Å². The van der Waals surface area contributed by atoms with Crippen LogP contribution in [-0.2, 0) is 5.41 Å². The summed E-state index contributed by atoms with van der Waals surface area (Å²) in [5.41, 5.74) is 15.9. The first-order chi connectivity index (χ1) is 30.0. The van der Waals surface area contributed by atoms with Gasteiger partial charge in [0.15, 0.2) is 0 Å². The second-order valence-electron chi connectivity index (χ2n) is 16.8. The van der Waals surface area contributed by atoms with Crippen LogP contribution in [0.15, 0.2) is 212 Å². The molecule has 11 aromatic rings. The lowest BCUT2D eigenvalue weighted by molar-refractivity contribution is 0.660. The van der Waals surface area contributed by atoms with E-state index in [2.05, 4.69) is 231 Å². The molecular weight excluding hydrogens is 755 g/mol. The van der Waals surface area contributed by atoms with Gasteiger partial charge in [0.25, 0.3) is 0 Å². The van der Waals surface area contributed by atoms with Crippen molar-refractivity contribution in [3.63, 3.8) is 0 Å². The maximum Gasteiger partial charge on any atom is 0.0546 e. The van der Waals surface area contributed by atoms with Gasteiger partial charge in [-0.3, -0.25) is 0 Å². The van der Waals surface area contributed by atoms with Gasteiger partial charge in [-0.1, -0.05) is 178 Å². The third-order valence-electron chi connectivity index (χ3n) is 13.1. The van der Waals surface area contributed by atoms with Crippen molar-refractivity contribution in [1.29, 1.82) is 0 Å². The van der Waals surface area contributed by atoms with Crippen molar-refractivity contribution in [2.75, 3.05) is 4.90 Å². The minimum absolute atomic E-state index is 0.153. The van der Waals surface area contributed by atoms with Crippen molar-refractivity contribution in [3.05, 3.63) is 223 Å². The number of fused-ring (bicyclic) bond motifs is 9. The zero-order valence-corrected chi connectivity index (χ0v) is 34.9. The summed E-state index contributed by atoms with van der Waals surface area (Å²) in [4.78, 5) is 2.52. The SMILES string of the molecule is CC1(C)c2ccccc2-c2ccc(N(c3ccc(-c4ccccc4)cc3)c3cccc(-c4cccc5sc6ccccc6c45)c3-c3cc4ccccc4c4ccccc34)cc21. The summed E-state index contributed by atoms with van der Waals surface area (Å²) in [6.07, 6.45) is 0. The Bertz CT molecular complexity index is 3500. The van der Waals surface area contributed by atoms with Gasteiger partial charge in [0.05, 0.1) is 5.69 Å². The molecule has 10 aromatic carbocycles. The van der Waals surface area contributed by atoms with Crippen LogP contribution in [0.1, 0.15) is 25.0 Å². The van der Waals surface area contributed by atoms with E-state index in [1.807, 2.05) is 11.3 Å². The molecule has 0 radical (unpaired) electrons. The Morgan fingerprint density at radius 3 is 1.84 bits per heavy atom. The highest BCUT2D eigenvalue weighted by atomic mass is 32.1. The Hall–Kier alpha value is -7.26. The van der Waals surface area contributed by atoms with Crippen LogP contribution in [-0.4, -0.2) is 0 Å². The number of nitrogens with zero attached hydrogens (tertiary/aromatic N) is 1. The fraction of sp³-hybridized carbons (Fsp3) is 0.0508. The first-order valence-electron chi connectivity index (χ1n) is 21.2. The zero-order valence-electron chi connectivity index (χ0n) is 34.1. The number of thiophene rings is 1. The smallest absolute Gasteiger partial charge is 0.0546 e. The van der Waals surface area contributed by atoms with Gasteiger partial charge in [-0.15, -0.1) is 11.3 Å². The molecule has 2 heteroatoms. The van der Waals surface area contributed by atoms with Crippen molar-refractivity contribution in [2.24, 2.45) is 0 Å². The molecule has 0 spiro atoms. The van der Waals surface area contributed by atoms with Crippen LogP contribution < -0.4 is 4.90 Å². The first-order valence-corrected chi connectivity index (χ1v) is 22.0. The number of hydrogen-bond donors (Lipinski definition) is 0. The molecule has 0 bridgehead atoms. The van der Waals surface area contributed by atoms with Gasteiger partial charge in [0, 0.05) is 42.5 Å². The first kappa shape index (κ1) is 35.7. The van der Waals surface area contributed by atoms with Crippen LogP contribution in [0.2, 0.25) is 0 Å². The molecule has 1 aromatic heterocycles. The number of rotatable bonds is 6. The highest BCUT2D eigenvalue weighted by Crippen LogP contribution is 2.54. The van der Waals surface area contributed by atoms with Crippen molar-refractivity contribution in [2.45, 2.75) is 19.3 Å². The van der Waals surface area contributed by atoms with Gasteiger partial charge in [-0.05, 0) is 120 Å². The third-order valence-corrected chi connectivity index (χ3v) is 14.2. The van der Waals surface area contributed by atoms with Crippen LogP contribution in [0.3, 0.4) is 0 Å². The summed E-state index contributed by atoms with van der Waals surface area (Å²) >= 11 is 1.88. The lowest BCUT2D eigenvalue weighted by Crippen LogP contribution is -2.17. The van der Waals surface area contributed by atoms with Crippen LogP contribution in [0.4, 0.5) is 17.1 Å². The Kier molecular flexibility index (Phi) is 8.13. The molecule has 0 N–H and O–H groups in total. The minimum atomic E-state index is -0.153. The Labute approximate surface area is 360 Å². The van der Waals surface area contributed by atoms with E-state index in [4.69, 9.17) is 0 Å². The summed E-state index contributed by atoms with van der Waals surface area (Å²) < 4.78 is 2.60. The van der Waals surface area contributed by atoms with Crippen molar-refractivity contribution in [3.8, 4) is 44.5 Å². The fourth-order valence-corrected chi connectivity index (χ4v) is 11.3. The van der Waals surface area contributed by atoms with E-state index < -0.39 is 0 Å². The molecule has 61 heavy (non-hydrogen) atoms. The summed E-state index contributed by atoms with van der Waals surface area (Å²) in [6, 6.07) is 78.9. The molecule has 1 aliphatic rings. The topological polar surface area (TPSA) is 3.24 Å². The normalized spacial score (nSPS) is 12.9. The van der Waals surface area contributed by atoms with Gasteiger partial charge in [-0.2, -0.15) is 0 Å². The quantitative estimate of drug-likeness (QED) is 0.152. The van der Waals surface area contributed by atoms with E-state index in [0.29, 0.717) is 0 Å². The Balaban J connectivity index is 1.19. The molecule has 1 nitrogen and oxygen atoms in total. The second kappa shape index (κ2) is 13.9. The molecule has 0 fully saturated rings. The van der Waals surface area contributed by atoms with E-state index in [1.54, 1.807) is 0 Å². The van der Waals surface area contributed by atoms with Gasteiger partial charge in [-0.25, -0.2) is 0 Å². The van der Waals surface area contributed by atoms with Crippen molar-refractivity contribution < 1.29 is 0 Å². The summed E-state index contributed by atoms with van der Waals surface area (Å²) in [6.45, 7) is 4.75. The lowest BCUT2D eigenvalue weighted by Gasteiger charge is -2.31. The minimum Gasteiger partial charge on any atom is -0.310 e. The average Bonchev–Trinajstić information content (AvgIpc) is 3.81. The molecular formula is C59H41NS.